The van der Waals surface area contributed by atoms with Gasteiger partial charge in [0.2, 0.25) is 0 Å². The molecule has 0 bridgehead atoms. The lowest BCUT2D eigenvalue weighted by Crippen LogP contribution is -2.35. The van der Waals surface area contributed by atoms with Crippen molar-refractivity contribution in [1.82, 2.24) is 4.90 Å². The molecule has 1 amide bonds. The molecule has 3 aromatic rings. The van der Waals surface area contributed by atoms with Crippen LogP contribution in [0.3, 0.4) is 0 Å². The molecule has 4 rings (SSSR count). The van der Waals surface area contributed by atoms with Crippen molar-refractivity contribution in [3.05, 3.63) is 99.3 Å². The number of carbonyl (C=O) groups excluding carboxylic acids is 1. The van der Waals surface area contributed by atoms with Crippen molar-refractivity contribution in [2.75, 3.05) is 6.54 Å². The second-order valence-corrected chi connectivity index (χ2v) is 10.4. The molecule has 0 aromatic heterocycles. The van der Waals surface area contributed by atoms with Gasteiger partial charge in [0.1, 0.15) is 23.7 Å². The summed E-state index contributed by atoms with van der Waals surface area (Å²) in [5.41, 5.74) is 3.67. The van der Waals surface area contributed by atoms with E-state index in [1.165, 1.54) is 16.5 Å². The largest absolute Gasteiger partial charge is 0.487 e. The normalized spacial score (nSPS) is 16.2. The molecule has 5 nitrogen and oxygen atoms in total. The van der Waals surface area contributed by atoms with Crippen molar-refractivity contribution in [3.63, 3.8) is 0 Å². The highest BCUT2D eigenvalue weighted by molar-refractivity contribution is 6.30. The molecule has 1 aliphatic rings. The first-order valence-electron chi connectivity index (χ1n) is 12.5. The minimum atomic E-state index is -1.07. The number of nitrogens with zero attached hydrogens (tertiary/aromatic N) is 1. The molecule has 1 N–H and O–H groups in total. The number of aryl methyl sites for hydroxylation is 1. The van der Waals surface area contributed by atoms with Crippen LogP contribution in [0.4, 0.5) is 4.39 Å². The number of carboxylic acid groups (broad SMARTS) is 1. The fourth-order valence-corrected chi connectivity index (χ4v) is 5.00. The van der Waals surface area contributed by atoms with E-state index in [-0.39, 0.29) is 17.5 Å². The highest BCUT2D eigenvalue weighted by atomic mass is 35.5. The van der Waals surface area contributed by atoms with E-state index in [1.54, 1.807) is 30.3 Å². The lowest BCUT2D eigenvalue weighted by Gasteiger charge is -2.24. The van der Waals surface area contributed by atoms with Crippen LogP contribution < -0.4 is 4.74 Å². The Morgan fingerprint density at radius 1 is 1.05 bits per heavy atom. The highest BCUT2D eigenvalue weighted by Crippen LogP contribution is 2.38. The van der Waals surface area contributed by atoms with Gasteiger partial charge in [0.05, 0.1) is 5.02 Å². The van der Waals surface area contributed by atoms with Crippen LogP contribution in [0.5, 0.6) is 5.75 Å². The molecule has 1 heterocycles. The molecule has 0 fully saturated rings. The van der Waals surface area contributed by atoms with E-state index < -0.39 is 23.9 Å². The molecular formula is C30H31ClFNO4. The maximum absolute atomic E-state index is 13.6. The van der Waals surface area contributed by atoms with E-state index in [1.807, 2.05) is 31.2 Å². The number of hydrogen-bond donors (Lipinski definition) is 1. The van der Waals surface area contributed by atoms with Gasteiger partial charge in [-0.05, 0) is 72.4 Å². The van der Waals surface area contributed by atoms with Gasteiger partial charge in [-0.15, -0.1) is 0 Å². The lowest BCUT2D eigenvalue weighted by molar-refractivity contribution is -0.137. The monoisotopic (exact) mass is 523 g/mol. The zero-order valence-corrected chi connectivity index (χ0v) is 21.9. The lowest BCUT2D eigenvalue weighted by atomic mass is 9.91. The second kappa shape index (κ2) is 11.3. The number of rotatable bonds is 10. The van der Waals surface area contributed by atoms with Gasteiger partial charge in [0.15, 0.2) is 0 Å². The molecule has 37 heavy (non-hydrogen) atoms. The Labute approximate surface area is 221 Å². The maximum atomic E-state index is 13.6. The minimum Gasteiger partial charge on any atom is -0.487 e. The van der Waals surface area contributed by atoms with Crippen molar-refractivity contribution in [2.45, 2.75) is 58.1 Å². The standard InChI is InChI=1S/C30H31ClFNO4/c1-3-4-5-20-6-8-21(9-7-20)18-33(19-28(34)35)29(36)23-11-13-27-24(15-23)17-30(2,37-27)16-22-10-12-26(32)25(31)14-22/h6-15H,3-5,16-19H2,1-2H3,(H,34,35). The van der Waals surface area contributed by atoms with Gasteiger partial charge in [-0.25, -0.2) is 4.39 Å². The summed E-state index contributed by atoms with van der Waals surface area (Å²) in [6.07, 6.45) is 4.30. The molecular weight excluding hydrogens is 493 g/mol. The van der Waals surface area contributed by atoms with Crippen molar-refractivity contribution in [1.29, 1.82) is 0 Å². The van der Waals surface area contributed by atoms with Crippen LogP contribution >= 0.6 is 11.6 Å². The zero-order chi connectivity index (χ0) is 26.6. The van der Waals surface area contributed by atoms with Crippen LogP contribution in [-0.4, -0.2) is 34.0 Å². The first kappa shape index (κ1) is 26.7. The number of hydrogen-bond acceptors (Lipinski definition) is 3. The van der Waals surface area contributed by atoms with Crippen LogP contribution in [0.15, 0.2) is 60.7 Å². The summed E-state index contributed by atoms with van der Waals surface area (Å²) in [5.74, 6) is -1.20. The number of fused-ring (bicyclic) bond motifs is 1. The topological polar surface area (TPSA) is 66.8 Å². The summed E-state index contributed by atoms with van der Waals surface area (Å²) in [4.78, 5) is 26.3. The van der Waals surface area contributed by atoms with Gasteiger partial charge < -0.3 is 14.7 Å². The first-order valence-corrected chi connectivity index (χ1v) is 12.9. The van der Waals surface area contributed by atoms with Gasteiger partial charge in [-0.1, -0.05) is 55.3 Å². The molecule has 0 aliphatic carbocycles. The van der Waals surface area contributed by atoms with Gasteiger partial charge in [-0.2, -0.15) is 0 Å². The van der Waals surface area contributed by atoms with E-state index in [0.717, 1.165) is 36.0 Å². The average Bonchev–Trinajstić information content (AvgIpc) is 3.19. The second-order valence-electron chi connectivity index (χ2n) is 9.95. The van der Waals surface area contributed by atoms with Crippen LogP contribution in [0.2, 0.25) is 5.02 Å². The zero-order valence-electron chi connectivity index (χ0n) is 21.1. The number of unbranched alkanes of at least 4 members (excludes halogenated alkanes) is 1. The number of amides is 1. The highest BCUT2D eigenvalue weighted by Gasteiger charge is 2.36. The summed E-state index contributed by atoms with van der Waals surface area (Å²) in [6.45, 7) is 3.92. The van der Waals surface area contributed by atoms with Crippen molar-refractivity contribution in [3.8, 4) is 5.75 Å². The Kier molecular flexibility index (Phi) is 8.18. The van der Waals surface area contributed by atoms with Crippen LogP contribution in [0.1, 0.15) is 59.3 Å². The summed E-state index contributed by atoms with van der Waals surface area (Å²) in [6, 6.07) is 17.8. The van der Waals surface area contributed by atoms with Gasteiger partial charge in [-0.3, -0.25) is 9.59 Å². The van der Waals surface area contributed by atoms with Crippen LogP contribution in [-0.2, 0) is 30.6 Å². The van der Waals surface area contributed by atoms with Gasteiger partial charge in [0, 0.05) is 24.9 Å². The Bertz CT molecular complexity index is 1290. The molecule has 3 aromatic carbocycles. The smallest absolute Gasteiger partial charge is 0.323 e. The molecule has 0 saturated carbocycles. The number of halogens is 2. The number of benzene rings is 3. The van der Waals surface area contributed by atoms with E-state index in [2.05, 4.69) is 6.92 Å². The third-order valence-electron chi connectivity index (χ3n) is 6.62. The van der Waals surface area contributed by atoms with Gasteiger partial charge >= 0.3 is 5.97 Å². The SMILES string of the molecule is CCCCc1ccc(CN(CC(=O)O)C(=O)c2ccc3c(c2)CC(C)(Cc2ccc(F)c(Cl)c2)O3)cc1. The predicted octanol–water partition coefficient (Wildman–Crippen LogP) is 6.49. The first-order chi connectivity index (χ1) is 17.7. The molecule has 1 atom stereocenters. The maximum Gasteiger partial charge on any atom is 0.323 e. The van der Waals surface area contributed by atoms with Crippen molar-refractivity contribution in [2.24, 2.45) is 0 Å². The quantitative estimate of drug-likeness (QED) is 0.330. The molecule has 0 radical (unpaired) electrons. The fraction of sp³-hybridized carbons (Fsp3) is 0.333. The molecule has 0 saturated heterocycles. The third kappa shape index (κ3) is 6.69. The Morgan fingerprint density at radius 3 is 2.43 bits per heavy atom. The third-order valence-corrected chi connectivity index (χ3v) is 6.91. The van der Waals surface area contributed by atoms with E-state index >= 15 is 0 Å². The fourth-order valence-electron chi connectivity index (χ4n) is 4.79. The number of carbonyl (C=O) groups is 2. The van der Waals surface area contributed by atoms with E-state index in [9.17, 15) is 19.1 Å². The van der Waals surface area contributed by atoms with E-state index in [4.69, 9.17) is 16.3 Å². The summed E-state index contributed by atoms with van der Waals surface area (Å²) < 4.78 is 19.8. The Hall–Kier alpha value is -3.38. The molecule has 1 unspecified atom stereocenters. The Balaban J connectivity index is 1.49. The number of ether oxygens (including phenoxy) is 1. The van der Waals surface area contributed by atoms with Crippen molar-refractivity contribution >= 4 is 23.5 Å². The molecule has 0 spiro atoms. The van der Waals surface area contributed by atoms with E-state index in [0.29, 0.717) is 24.2 Å². The molecule has 194 valence electrons. The van der Waals surface area contributed by atoms with Crippen molar-refractivity contribution < 1.29 is 23.8 Å². The molecule has 1 aliphatic heterocycles. The summed E-state index contributed by atoms with van der Waals surface area (Å²) in [7, 11) is 0. The predicted molar refractivity (Wildman–Crippen MR) is 142 cm³/mol. The summed E-state index contributed by atoms with van der Waals surface area (Å²) in [5, 5.41) is 9.52. The minimum absolute atomic E-state index is 0.0682. The van der Waals surface area contributed by atoms with Crippen LogP contribution in [0.25, 0.3) is 0 Å². The average molecular weight is 524 g/mol. The molecule has 7 heteroatoms. The summed E-state index contributed by atoms with van der Waals surface area (Å²) >= 11 is 5.94. The van der Waals surface area contributed by atoms with Gasteiger partial charge in [0.25, 0.3) is 5.91 Å². The number of carboxylic acids is 1. The van der Waals surface area contributed by atoms with Crippen LogP contribution in [0, 0.1) is 5.82 Å². The number of aliphatic carboxylic acids is 1. The Morgan fingerprint density at radius 2 is 1.76 bits per heavy atom.